The Morgan fingerprint density at radius 2 is 0.667 bits per heavy atom. The van der Waals surface area contributed by atoms with Gasteiger partial charge in [-0.1, -0.05) is 276 Å². The molecular weight excluding hydrogens is 976 g/mol. The van der Waals surface area contributed by atoms with Gasteiger partial charge in [-0.2, -0.15) is 0 Å². The first-order valence-corrected chi connectivity index (χ1v) is 28.4. The molecule has 13 aromatic carbocycles. The van der Waals surface area contributed by atoms with Crippen LogP contribution in [-0.2, 0) is 5.41 Å². The fourth-order valence-corrected chi connectivity index (χ4v) is 13.3. The highest BCUT2D eigenvalue weighted by atomic mass is 15.2. The van der Waals surface area contributed by atoms with Gasteiger partial charge in [0.15, 0.2) is 0 Å². The molecule has 81 heavy (non-hydrogen) atoms. The number of anilines is 6. The predicted octanol–water partition coefficient (Wildman–Crippen LogP) is 19.4. The molecule has 0 atom stereocenters. The van der Waals surface area contributed by atoms with Gasteiger partial charge in [0.2, 0.25) is 0 Å². The lowest BCUT2D eigenvalue weighted by molar-refractivity contribution is 0.590. The Hall–Kier alpha value is -9.96. The van der Waals surface area contributed by atoms with Crippen LogP contribution in [0.15, 0.2) is 291 Å². The average Bonchev–Trinajstić information content (AvgIpc) is 2.54. The summed E-state index contributed by atoms with van der Waals surface area (Å²) >= 11 is 0. The van der Waals surface area contributed by atoms with Crippen LogP contribution in [0, 0.1) is 0 Å². The third-order valence-electron chi connectivity index (χ3n) is 17.0. The van der Waals surface area contributed by atoms with Gasteiger partial charge in [0, 0.05) is 33.9 Å². The Kier molecular flexibility index (Phi) is 11.6. The molecule has 0 N–H and O–H groups in total. The van der Waals surface area contributed by atoms with Crippen LogP contribution in [-0.4, -0.2) is 6.71 Å². The van der Waals surface area contributed by atoms with Crippen molar-refractivity contribution in [3.63, 3.8) is 0 Å². The zero-order valence-corrected chi connectivity index (χ0v) is 45.7. The van der Waals surface area contributed by atoms with Gasteiger partial charge in [-0.3, -0.25) is 0 Å². The Morgan fingerprint density at radius 3 is 1.19 bits per heavy atom. The van der Waals surface area contributed by atoms with Gasteiger partial charge in [0.1, 0.15) is 0 Å². The number of hydrogen-bond acceptors (Lipinski definition) is 2. The lowest BCUT2D eigenvalue weighted by Gasteiger charge is -2.46. The number of fused-ring (bicyclic) bond motifs is 6. The maximum absolute atomic E-state index is 2.63. The lowest BCUT2D eigenvalue weighted by Crippen LogP contribution is -2.61. The SMILES string of the molecule is CC(C)(C)c1cc2c3c(c1)N(c1ccccc1-c1ccccc1)c1cc(-c4c5ccccc5c(-c5ccccc5-c5ccccc5)c5ccccc45)ccc1B3c1cc(-c3ccccc3)ccc1N2c1ccccc1-c1ccccc1. The molecule has 0 spiro atoms. The molecule has 15 rings (SSSR count). The summed E-state index contributed by atoms with van der Waals surface area (Å²) < 4.78 is 0. The highest BCUT2D eigenvalue weighted by Gasteiger charge is 2.45. The van der Waals surface area contributed by atoms with Crippen LogP contribution in [0.2, 0.25) is 0 Å². The van der Waals surface area contributed by atoms with Crippen molar-refractivity contribution in [3.05, 3.63) is 297 Å². The Balaban J connectivity index is 1.05. The van der Waals surface area contributed by atoms with E-state index in [0.29, 0.717) is 0 Å². The molecule has 0 saturated heterocycles. The monoisotopic (exact) mass is 1030 g/mol. The van der Waals surface area contributed by atoms with Crippen molar-refractivity contribution in [3.8, 4) is 66.8 Å². The molecule has 2 heterocycles. The maximum Gasteiger partial charge on any atom is 0.252 e. The van der Waals surface area contributed by atoms with Gasteiger partial charge in [-0.15, -0.1) is 0 Å². The van der Waals surface area contributed by atoms with E-state index in [1.165, 1.54) is 133 Å². The van der Waals surface area contributed by atoms with Gasteiger partial charge in [-0.25, -0.2) is 0 Å². The van der Waals surface area contributed by atoms with Crippen LogP contribution in [0.3, 0.4) is 0 Å². The normalized spacial score (nSPS) is 12.6. The van der Waals surface area contributed by atoms with E-state index in [1.807, 2.05) is 0 Å². The van der Waals surface area contributed by atoms with Crippen LogP contribution >= 0.6 is 0 Å². The second-order valence-corrected chi connectivity index (χ2v) is 22.7. The van der Waals surface area contributed by atoms with E-state index < -0.39 is 0 Å². The van der Waals surface area contributed by atoms with Gasteiger partial charge >= 0.3 is 0 Å². The van der Waals surface area contributed by atoms with Crippen molar-refractivity contribution in [2.75, 3.05) is 9.80 Å². The highest BCUT2D eigenvalue weighted by Crippen LogP contribution is 2.52. The summed E-state index contributed by atoms with van der Waals surface area (Å²) in [5.74, 6) is 0. The fraction of sp³-hybridized carbons (Fsp3) is 0.0513. The first-order chi connectivity index (χ1) is 39.9. The summed E-state index contributed by atoms with van der Waals surface area (Å²) in [6, 6.07) is 108. The topological polar surface area (TPSA) is 6.48 Å². The smallest absolute Gasteiger partial charge is 0.252 e. The van der Waals surface area contributed by atoms with Crippen LogP contribution in [0.4, 0.5) is 34.1 Å². The Bertz CT molecular complexity index is 4510. The molecule has 3 heteroatoms. The molecular formula is C78H57BN2. The molecule has 0 bridgehead atoms. The molecule has 13 aromatic rings. The third-order valence-corrected chi connectivity index (χ3v) is 17.0. The highest BCUT2D eigenvalue weighted by molar-refractivity contribution is 7.00. The second kappa shape index (κ2) is 19.4. The van der Waals surface area contributed by atoms with Crippen molar-refractivity contribution in [1.29, 1.82) is 0 Å². The van der Waals surface area contributed by atoms with Crippen LogP contribution in [0.25, 0.3) is 88.3 Å². The van der Waals surface area contributed by atoms with Crippen molar-refractivity contribution in [2.45, 2.75) is 26.2 Å². The van der Waals surface area contributed by atoms with E-state index in [0.717, 1.165) is 11.4 Å². The molecule has 0 aromatic heterocycles. The summed E-state index contributed by atoms with van der Waals surface area (Å²) in [6.07, 6.45) is 0. The number of rotatable bonds is 8. The lowest BCUT2D eigenvalue weighted by atomic mass is 9.33. The number of hydrogen-bond donors (Lipinski definition) is 0. The van der Waals surface area contributed by atoms with E-state index in [9.17, 15) is 0 Å². The molecule has 382 valence electrons. The third kappa shape index (κ3) is 8.02. The Morgan fingerprint density at radius 1 is 0.259 bits per heavy atom. The van der Waals surface area contributed by atoms with Gasteiger partial charge in [-0.05, 0) is 141 Å². The molecule has 0 unspecified atom stereocenters. The van der Waals surface area contributed by atoms with E-state index in [2.05, 4.69) is 322 Å². The molecule has 2 aliphatic heterocycles. The standard InChI is InChI=1S/C78H57BN2/c1-78(2,3)58-50-73-77-74(51-58)81(70-43-25-23-36-61(70)55-32-14-7-15-33-55)72-49-57(75-63-38-18-20-40-65(63)76(66-41-21-19-39-64(66)75)62-37-17-16-34-59(62)53-28-10-5-11-29-53)44-46-67(72)79(77)68-48-56(52-26-8-4-9-27-52)45-47-71(68)80(73)69-42-24-22-35-60(69)54-30-12-6-13-31-54/h4-51H,1-3H3. The minimum Gasteiger partial charge on any atom is -0.311 e. The van der Waals surface area contributed by atoms with Gasteiger partial charge in [0.05, 0.1) is 11.4 Å². The molecule has 0 saturated carbocycles. The van der Waals surface area contributed by atoms with Gasteiger partial charge in [0.25, 0.3) is 6.71 Å². The summed E-state index contributed by atoms with van der Waals surface area (Å²) in [5, 5.41) is 4.91. The summed E-state index contributed by atoms with van der Waals surface area (Å²) in [5.41, 5.74) is 26.4. The van der Waals surface area contributed by atoms with Crippen LogP contribution in [0.5, 0.6) is 0 Å². The fourth-order valence-electron chi connectivity index (χ4n) is 13.3. The van der Waals surface area contributed by atoms with Crippen molar-refractivity contribution < 1.29 is 0 Å². The van der Waals surface area contributed by atoms with Crippen molar-refractivity contribution in [1.82, 2.24) is 0 Å². The minimum atomic E-state index is -0.200. The van der Waals surface area contributed by atoms with Crippen LogP contribution in [0.1, 0.15) is 26.3 Å². The molecule has 2 nitrogen and oxygen atoms in total. The molecule has 0 amide bonds. The molecule has 2 aliphatic rings. The van der Waals surface area contributed by atoms with Gasteiger partial charge < -0.3 is 9.80 Å². The summed E-state index contributed by atoms with van der Waals surface area (Å²) in [6.45, 7) is 6.97. The number of para-hydroxylation sites is 2. The molecule has 0 fully saturated rings. The maximum atomic E-state index is 2.63. The van der Waals surface area contributed by atoms with E-state index in [-0.39, 0.29) is 12.1 Å². The number of benzene rings is 13. The van der Waals surface area contributed by atoms with E-state index in [1.54, 1.807) is 0 Å². The quantitative estimate of drug-likeness (QED) is 0.111. The zero-order chi connectivity index (χ0) is 54.2. The predicted molar refractivity (Wildman–Crippen MR) is 347 cm³/mol. The zero-order valence-electron chi connectivity index (χ0n) is 45.7. The largest absolute Gasteiger partial charge is 0.311 e. The Labute approximate surface area is 475 Å². The molecule has 0 radical (unpaired) electrons. The van der Waals surface area contributed by atoms with Crippen molar-refractivity contribution in [2.24, 2.45) is 0 Å². The summed E-state index contributed by atoms with van der Waals surface area (Å²) in [4.78, 5) is 5.22. The average molecular weight is 1030 g/mol. The first-order valence-electron chi connectivity index (χ1n) is 28.4. The first kappa shape index (κ1) is 48.2. The van der Waals surface area contributed by atoms with E-state index in [4.69, 9.17) is 0 Å². The van der Waals surface area contributed by atoms with Crippen LogP contribution < -0.4 is 26.2 Å². The van der Waals surface area contributed by atoms with Crippen molar-refractivity contribution >= 4 is 78.8 Å². The second-order valence-electron chi connectivity index (χ2n) is 22.7. The summed E-state index contributed by atoms with van der Waals surface area (Å²) in [7, 11) is 0. The van der Waals surface area contributed by atoms with E-state index >= 15 is 0 Å². The number of nitrogens with zero attached hydrogens (tertiary/aromatic N) is 2. The molecule has 0 aliphatic carbocycles. The minimum absolute atomic E-state index is 0.114.